The molecule has 0 fully saturated rings. The van der Waals surface area contributed by atoms with Crippen molar-refractivity contribution in [3.05, 3.63) is 51.3 Å². The molecular formula is C14H18N4O2. The van der Waals surface area contributed by atoms with Gasteiger partial charge in [0.25, 0.3) is 5.69 Å². The molecule has 1 aromatic heterocycles. The van der Waals surface area contributed by atoms with E-state index < -0.39 is 0 Å². The Balaban J connectivity index is 2.25. The van der Waals surface area contributed by atoms with E-state index in [-0.39, 0.29) is 16.7 Å². The fraction of sp³-hybridized carbons (Fsp3) is 0.357. The third-order valence-corrected chi connectivity index (χ3v) is 3.32. The summed E-state index contributed by atoms with van der Waals surface area (Å²) in [5, 5.41) is 18.6. The lowest BCUT2D eigenvalue weighted by atomic mass is 10.0. The Morgan fingerprint density at radius 2 is 2.10 bits per heavy atom. The minimum Gasteiger partial charge on any atom is -0.376 e. The van der Waals surface area contributed by atoms with Crippen LogP contribution in [0.25, 0.3) is 0 Å². The minimum absolute atomic E-state index is 0.0304. The van der Waals surface area contributed by atoms with E-state index in [0.717, 1.165) is 16.9 Å². The number of nitro groups is 1. The van der Waals surface area contributed by atoms with Gasteiger partial charge in [-0.3, -0.25) is 14.8 Å². The van der Waals surface area contributed by atoms with E-state index in [2.05, 4.69) is 10.4 Å². The van der Waals surface area contributed by atoms with Crippen LogP contribution in [-0.2, 0) is 7.05 Å². The number of nitrogens with zero attached hydrogens (tertiary/aromatic N) is 3. The third-order valence-electron chi connectivity index (χ3n) is 3.32. The Bertz CT molecular complexity index is 649. The van der Waals surface area contributed by atoms with Gasteiger partial charge in [0.05, 0.1) is 16.3 Å². The van der Waals surface area contributed by atoms with Crippen molar-refractivity contribution >= 4 is 11.4 Å². The molecule has 2 aromatic rings. The van der Waals surface area contributed by atoms with Crippen molar-refractivity contribution in [3.8, 4) is 0 Å². The zero-order valence-corrected chi connectivity index (χ0v) is 12.0. The summed E-state index contributed by atoms with van der Waals surface area (Å²) < 4.78 is 1.74. The Morgan fingerprint density at radius 1 is 1.40 bits per heavy atom. The predicted molar refractivity (Wildman–Crippen MR) is 77.8 cm³/mol. The van der Waals surface area contributed by atoms with Crippen LogP contribution in [0.3, 0.4) is 0 Å². The lowest BCUT2D eigenvalue weighted by molar-refractivity contribution is -0.385. The number of hydrogen-bond acceptors (Lipinski definition) is 4. The van der Waals surface area contributed by atoms with Crippen LogP contribution in [0.1, 0.15) is 29.8 Å². The SMILES string of the molecule is Cc1ccc(C(C)Nc2cn(C)nc2C)cc1[N+](=O)[O-]. The van der Waals surface area contributed by atoms with Crippen molar-refractivity contribution in [1.29, 1.82) is 0 Å². The molecule has 0 amide bonds. The fourth-order valence-electron chi connectivity index (χ4n) is 2.15. The first-order valence-electron chi connectivity index (χ1n) is 6.40. The van der Waals surface area contributed by atoms with Crippen LogP contribution in [0, 0.1) is 24.0 Å². The van der Waals surface area contributed by atoms with E-state index in [9.17, 15) is 10.1 Å². The van der Waals surface area contributed by atoms with Crippen molar-refractivity contribution in [2.75, 3.05) is 5.32 Å². The molecule has 0 saturated heterocycles. The Labute approximate surface area is 117 Å². The molecule has 0 saturated carbocycles. The van der Waals surface area contributed by atoms with Gasteiger partial charge in [0, 0.05) is 30.9 Å². The fourth-order valence-corrected chi connectivity index (χ4v) is 2.15. The number of rotatable bonds is 4. The molecule has 0 spiro atoms. The molecule has 6 nitrogen and oxygen atoms in total. The smallest absolute Gasteiger partial charge is 0.272 e. The third kappa shape index (κ3) is 2.79. The highest BCUT2D eigenvalue weighted by molar-refractivity contribution is 5.50. The summed E-state index contributed by atoms with van der Waals surface area (Å²) in [7, 11) is 1.86. The number of benzene rings is 1. The molecule has 20 heavy (non-hydrogen) atoms. The van der Waals surface area contributed by atoms with Crippen LogP contribution < -0.4 is 5.32 Å². The van der Waals surface area contributed by atoms with E-state index in [1.165, 1.54) is 0 Å². The summed E-state index contributed by atoms with van der Waals surface area (Å²) in [4.78, 5) is 10.6. The standard InChI is InChI=1S/C14H18N4O2/c1-9-5-6-12(7-14(9)18(19)20)10(2)15-13-8-17(4)16-11(13)3/h5-8,10,15H,1-4H3. The zero-order valence-electron chi connectivity index (χ0n) is 12.0. The maximum absolute atomic E-state index is 11.0. The number of aryl methyl sites for hydroxylation is 3. The van der Waals surface area contributed by atoms with Crippen LogP contribution in [0.5, 0.6) is 0 Å². The van der Waals surface area contributed by atoms with Gasteiger partial charge in [-0.1, -0.05) is 12.1 Å². The summed E-state index contributed by atoms with van der Waals surface area (Å²) in [5.41, 5.74) is 3.54. The lowest BCUT2D eigenvalue weighted by Crippen LogP contribution is -2.07. The van der Waals surface area contributed by atoms with E-state index in [1.54, 1.807) is 23.7 Å². The Kier molecular flexibility index (Phi) is 3.74. The first-order chi connectivity index (χ1) is 9.38. The second kappa shape index (κ2) is 5.32. The van der Waals surface area contributed by atoms with E-state index in [4.69, 9.17) is 0 Å². The van der Waals surface area contributed by atoms with Crippen LogP contribution in [0.2, 0.25) is 0 Å². The van der Waals surface area contributed by atoms with Crippen LogP contribution in [0.4, 0.5) is 11.4 Å². The Hall–Kier alpha value is -2.37. The predicted octanol–water partition coefficient (Wildman–Crippen LogP) is 3.12. The highest BCUT2D eigenvalue weighted by Gasteiger charge is 2.15. The lowest BCUT2D eigenvalue weighted by Gasteiger charge is -2.15. The second-order valence-electron chi connectivity index (χ2n) is 4.97. The molecule has 0 radical (unpaired) electrons. The molecule has 6 heteroatoms. The number of nitrogens with one attached hydrogen (secondary N) is 1. The van der Waals surface area contributed by atoms with E-state index in [1.807, 2.05) is 33.2 Å². The maximum Gasteiger partial charge on any atom is 0.272 e. The molecule has 2 rings (SSSR count). The highest BCUT2D eigenvalue weighted by atomic mass is 16.6. The van der Waals surface area contributed by atoms with Gasteiger partial charge in [-0.05, 0) is 26.3 Å². The van der Waals surface area contributed by atoms with Crippen molar-refractivity contribution in [2.24, 2.45) is 7.05 Å². The van der Waals surface area contributed by atoms with Gasteiger partial charge < -0.3 is 5.32 Å². The summed E-state index contributed by atoms with van der Waals surface area (Å²) in [6, 6.07) is 5.28. The van der Waals surface area contributed by atoms with Gasteiger partial charge in [0.15, 0.2) is 0 Å². The monoisotopic (exact) mass is 274 g/mol. The first-order valence-corrected chi connectivity index (χ1v) is 6.40. The van der Waals surface area contributed by atoms with Gasteiger partial charge in [-0.15, -0.1) is 0 Å². The average molecular weight is 274 g/mol. The summed E-state index contributed by atoms with van der Waals surface area (Å²) >= 11 is 0. The molecular weight excluding hydrogens is 256 g/mol. The van der Waals surface area contributed by atoms with Crippen LogP contribution in [0.15, 0.2) is 24.4 Å². The Morgan fingerprint density at radius 3 is 2.65 bits per heavy atom. The van der Waals surface area contributed by atoms with Gasteiger partial charge in [-0.2, -0.15) is 5.10 Å². The van der Waals surface area contributed by atoms with E-state index in [0.29, 0.717) is 5.56 Å². The van der Waals surface area contributed by atoms with Crippen molar-refractivity contribution in [2.45, 2.75) is 26.8 Å². The largest absolute Gasteiger partial charge is 0.376 e. The van der Waals surface area contributed by atoms with Crippen LogP contribution >= 0.6 is 0 Å². The number of nitro benzene ring substituents is 1. The van der Waals surface area contributed by atoms with Gasteiger partial charge in [0.2, 0.25) is 0 Å². The first kappa shape index (κ1) is 14.0. The van der Waals surface area contributed by atoms with Crippen molar-refractivity contribution < 1.29 is 4.92 Å². The summed E-state index contributed by atoms with van der Waals surface area (Å²) in [5.74, 6) is 0. The minimum atomic E-state index is -0.346. The molecule has 0 aliphatic carbocycles. The summed E-state index contributed by atoms with van der Waals surface area (Å²) in [6.45, 7) is 5.64. The van der Waals surface area contributed by atoms with Gasteiger partial charge >= 0.3 is 0 Å². The quantitative estimate of drug-likeness (QED) is 0.686. The van der Waals surface area contributed by atoms with Gasteiger partial charge in [-0.25, -0.2) is 0 Å². The molecule has 1 N–H and O–H groups in total. The molecule has 1 heterocycles. The molecule has 1 unspecified atom stereocenters. The average Bonchev–Trinajstić information content (AvgIpc) is 2.67. The molecule has 1 aromatic carbocycles. The van der Waals surface area contributed by atoms with Crippen molar-refractivity contribution in [3.63, 3.8) is 0 Å². The van der Waals surface area contributed by atoms with Crippen molar-refractivity contribution in [1.82, 2.24) is 9.78 Å². The maximum atomic E-state index is 11.0. The molecule has 0 bridgehead atoms. The number of hydrogen-bond donors (Lipinski definition) is 1. The summed E-state index contributed by atoms with van der Waals surface area (Å²) in [6.07, 6.45) is 1.90. The zero-order chi connectivity index (χ0) is 14.9. The molecule has 0 aliphatic rings. The molecule has 1 atom stereocenters. The van der Waals surface area contributed by atoms with Gasteiger partial charge in [0.1, 0.15) is 0 Å². The number of anilines is 1. The topological polar surface area (TPSA) is 73.0 Å². The van der Waals surface area contributed by atoms with E-state index >= 15 is 0 Å². The number of aromatic nitrogens is 2. The second-order valence-corrected chi connectivity index (χ2v) is 4.97. The highest BCUT2D eigenvalue weighted by Crippen LogP contribution is 2.26. The normalized spacial score (nSPS) is 12.2. The molecule has 106 valence electrons. The molecule has 0 aliphatic heterocycles. The van der Waals surface area contributed by atoms with Crippen LogP contribution in [-0.4, -0.2) is 14.7 Å².